The van der Waals surface area contributed by atoms with Gasteiger partial charge in [0.1, 0.15) is 0 Å². The summed E-state index contributed by atoms with van der Waals surface area (Å²) in [5, 5.41) is 0. The van der Waals surface area contributed by atoms with Gasteiger partial charge in [0.05, 0.1) is 21.8 Å². The van der Waals surface area contributed by atoms with Crippen LogP contribution >= 0.6 is 23.5 Å². The maximum Gasteiger partial charge on any atom is 0.166 e. The normalized spacial score (nSPS) is 13.4. The third-order valence-electron chi connectivity index (χ3n) is 7.99. The fourth-order valence-corrected chi connectivity index (χ4v) is 11.4. The number of halogens is 12. The minimum absolute atomic E-state index is 0.0786. The largest absolute Gasteiger partial charge is 0.166 e. The van der Waals surface area contributed by atoms with Crippen molar-refractivity contribution in [2.24, 2.45) is 0 Å². The molecule has 0 aromatic heterocycles. The molecule has 0 fully saturated rings. The first-order valence-electron chi connectivity index (χ1n) is 19.2. The van der Waals surface area contributed by atoms with Gasteiger partial charge in [-0.05, 0) is 121 Å². The molecule has 0 aliphatic heterocycles. The van der Waals surface area contributed by atoms with Crippen LogP contribution in [0.25, 0.3) is 0 Å². The minimum atomic E-state index is -11.2. The van der Waals surface area contributed by atoms with Crippen LogP contribution < -0.4 is 0 Å². The van der Waals surface area contributed by atoms with Crippen molar-refractivity contribution in [2.75, 3.05) is 0 Å². The summed E-state index contributed by atoms with van der Waals surface area (Å²) in [4.78, 5) is 13.2. The predicted molar refractivity (Wildman–Crippen MR) is 249 cm³/mol. The Morgan fingerprint density at radius 1 is 0.212 bits per heavy atom. The molecule has 18 heteroatoms. The van der Waals surface area contributed by atoms with E-state index in [9.17, 15) is 33.8 Å². The molecule has 8 aromatic rings. The van der Waals surface area contributed by atoms with Crippen LogP contribution in [0.3, 0.4) is 0 Å². The number of rotatable bonds is 10. The van der Waals surface area contributed by atoms with E-state index in [0.29, 0.717) is 0 Å². The molecule has 0 saturated heterocycles. The van der Waals surface area contributed by atoms with Gasteiger partial charge in [-0.15, -0.1) is 0 Å². The van der Waals surface area contributed by atoms with E-state index in [1.807, 2.05) is 0 Å². The molecule has 8 aromatic carbocycles. The fourth-order valence-electron chi connectivity index (χ4n) is 5.58. The minimum Gasteiger partial charge on any atom is -0.0901 e. The van der Waals surface area contributed by atoms with Crippen molar-refractivity contribution in [3.8, 4) is 0 Å². The molecule has 0 saturated carbocycles. The van der Waals surface area contributed by atoms with Crippen LogP contribution in [0.4, 0.5) is 33.8 Å². The summed E-state index contributed by atoms with van der Waals surface area (Å²) >= 11 is -18.9. The van der Waals surface area contributed by atoms with Gasteiger partial charge in [-0.2, -0.15) is 0 Å². The monoisotopic (exact) mass is 1210 g/mol. The summed E-state index contributed by atoms with van der Waals surface area (Å²) in [7, 11) is -0.157. The Balaban J connectivity index is 0.000000193. The van der Waals surface area contributed by atoms with Crippen molar-refractivity contribution in [1.29, 1.82) is 0 Å². The van der Waals surface area contributed by atoms with Gasteiger partial charge in [0.15, 0.2) is 29.4 Å². The topological polar surface area (TPSA) is 0 Å². The zero-order valence-electron chi connectivity index (χ0n) is 34.0. The average Bonchev–Trinajstić information content (AvgIpc) is 3.26. The van der Waals surface area contributed by atoms with Crippen molar-refractivity contribution < 1.29 is 33.8 Å². The number of hydrogen-bond acceptors (Lipinski definition) is 2. The van der Waals surface area contributed by atoms with E-state index in [0.717, 1.165) is 0 Å². The summed E-state index contributed by atoms with van der Waals surface area (Å²) in [5.74, 6) is 0. The second-order valence-corrected chi connectivity index (χ2v) is 30.8. The molecule has 66 heavy (non-hydrogen) atoms. The molecule has 0 aliphatic carbocycles. The Morgan fingerprint density at radius 3 is 0.561 bits per heavy atom. The van der Waals surface area contributed by atoms with Crippen LogP contribution in [-0.2, 0) is 21.8 Å². The maximum atomic E-state index is 9.93. The molecule has 0 spiro atoms. The molecule has 348 valence electrons. The van der Waals surface area contributed by atoms with Crippen molar-refractivity contribution in [3.05, 3.63) is 231 Å². The van der Waals surface area contributed by atoms with Crippen LogP contribution in [0, 0.1) is 0 Å². The Labute approximate surface area is 394 Å². The molecule has 0 radical (unpaired) electrons. The third-order valence-corrected chi connectivity index (χ3v) is 14.5. The standard InChI is InChI=1S/2C24H19S2.12FH.2Sb/c2*1-4-10-20(11-5-1)25-21-16-18-24(19-17-21)26(22-12-6-2-7-13-22)23-14-8-3-9-15-23;;;;;;;;;;;;;;/h2*1-19H;12*1H;;/q2*+1;;;;;;;;;;;;;2*+5/p-12. The van der Waals surface area contributed by atoms with Gasteiger partial charge in [-0.3, -0.25) is 0 Å². The zero-order chi connectivity index (χ0) is 48.0. The van der Waals surface area contributed by atoms with Gasteiger partial charge in [-0.1, -0.05) is 133 Å². The van der Waals surface area contributed by atoms with Crippen molar-refractivity contribution >= 4 is 84.3 Å². The van der Waals surface area contributed by atoms with Crippen LogP contribution in [0.15, 0.2) is 279 Å². The molecule has 0 nitrogen and oxygen atoms in total. The first-order chi connectivity index (χ1) is 30.7. The van der Waals surface area contributed by atoms with E-state index in [2.05, 4.69) is 231 Å². The average molecular weight is 1210 g/mol. The SMILES string of the molecule is [F][Sb-]([F])([F])([F])([F])[F].[F][Sb-]([F])([F])([F])([F])[F].c1ccc(Sc2ccc([S+](c3ccccc3)c3ccccc3)cc2)cc1.c1ccc(Sc2ccc([S+](c3ccccc3)c3ccccc3)cc2)cc1. The molecule has 0 heterocycles. The Bertz CT molecular complexity index is 2400. The molecule has 0 atom stereocenters. The van der Waals surface area contributed by atoms with Crippen LogP contribution in [0.2, 0.25) is 0 Å². The van der Waals surface area contributed by atoms with Crippen molar-refractivity contribution in [3.63, 3.8) is 0 Å². The van der Waals surface area contributed by atoms with E-state index in [4.69, 9.17) is 0 Å². The second-order valence-electron chi connectivity index (χ2n) is 13.6. The quantitative estimate of drug-likeness (QED) is 0.0760. The fraction of sp³-hybridized carbons (Fsp3) is 0. The van der Waals surface area contributed by atoms with Gasteiger partial charge in [0.2, 0.25) is 0 Å². The Kier molecular flexibility index (Phi) is 16.9. The summed E-state index contributed by atoms with van der Waals surface area (Å²) in [6, 6.07) is 82.2. The molecule has 0 aliphatic rings. The first-order valence-corrected chi connectivity index (χ1v) is 34.8. The maximum absolute atomic E-state index is 11.2. The summed E-state index contributed by atoms with van der Waals surface area (Å²) in [5.41, 5.74) is 0. The smallest absolute Gasteiger partial charge is 0.0901 e. The Hall–Kier alpha value is -4.04. The molecular weight excluding hydrogens is 1180 g/mol. The molecule has 0 bridgehead atoms. The van der Waals surface area contributed by atoms with E-state index >= 15 is 0 Å². The second kappa shape index (κ2) is 21.1. The number of benzene rings is 8. The van der Waals surface area contributed by atoms with E-state index in [1.165, 1.54) is 49.0 Å². The molecule has 8 rings (SSSR count). The first kappa shape index (κ1) is 52.9. The zero-order valence-corrected chi connectivity index (χ0v) is 42.4. The van der Waals surface area contributed by atoms with Gasteiger partial charge < -0.3 is 0 Å². The Morgan fingerprint density at radius 2 is 0.364 bits per heavy atom. The van der Waals surface area contributed by atoms with Gasteiger partial charge in [0, 0.05) is 19.6 Å². The van der Waals surface area contributed by atoms with Crippen molar-refractivity contribution in [2.45, 2.75) is 49.0 Å². The number of hydrogen-bond donors (Lipinski definition) is 0. The van der Waals surface area contributed by atoms with Gasteiger partial charge in [-0.25, -0.2) is 0 Å². The van der Waals surface area contributed by atoms with E-state index < -0.39 is 39.0 Å². The molecule has 0 N–H and O–H groups in total. The summed E-state index contributed by atoms with van der Waals surface area (Å²) < 4.78 is 119. The van der Waals surface area contributed by atoms with Crippen LogP contribution in [0.5, 0.6) is 0 Å². The van der Waals surface area contributed by atoms with E-state index in [-0.39, 0.29) is 21.8 Å². The van der Waals surface area contributed by atoms with Crippen LogP contribution in [0.1, 0.15) is 0 Å². The molecular formula is C48H38F12S4Sb2. The summed E-state index contributed by atoms with van der Waals surface area (Å²) in [6.07, 6.45) is 0. The molecule has 0 unspecified atom stereocenters. The third kappa shape index (κ3) is 22.6. The van der Waals surface area contributed by atoms with Gasteiger partial charge in [0.25, 0.3) is 0 Å². The molecule has 0 amide bonds. The van der Waals surface area contributed by atoms with E-state index in [1.54, 1.807) is 23.5 Å². The van der Waals surface area contributed by atoms with Crippen molar-refractivity contribution in [1.82, 2.24) is 0 Å². The summed E-state index contributed by atoms with van der Waals surface area (Å²) in [6.45, 7) is 0. The van der Waals surface area contributed by atoms with Gasteiger partial charge >= 0.3 is 72.7 Å². The van der Waals surface area contributed by atoms with Crippen LogP contribution in [-0.4, -0.2) is 39.0 Å². The predicted octanol–water partition coefficient (Wildman–Crippen LogP) is 18.1.